The van der Waals surface area contributed by atoms with Crippen LogP contribution in [0.5, 0.6) is 6.01 Å². The van der Waals surface area contributed by atoms with Crippen molar-refractivity contribution in [3.63, 3.8) is 0 Å². The van der Waals surface area contributed by atoms with Crippen LogP contribution in [0.1, 0.15) is 79.2 Å². The predicted molar refractivity (Wildman–Crippen MR) is 233 cm³/mol. The van der Waals surface area contributed by atoms with Crippen molar-refractivity contribution >= 4 is 69.2 Å². The van der Waals surface area contributed by atoms with Gasteiger partial charge in [0.25, 0.3) is 0 Å². The second-order valence-electron chi connectivity index (χ2n) is 19.5. The number of nitriles is 1. The van der Waals surface area contributed by atoms with Crippen molar-refractivity contribution in [2.45, 2.75) is 109 Å². The summed E-state index contributed by atoms with van der Waals surface area (Å²) < 4.78 is 65.8. The number of aromatic nitrogens is 2. The molecule has 4 fully saturated rings. The first kappa shape index (κ1) is 42.7. The van der Waals surface area contributed by atoms with Crippen LogP contribution >= 0.6 is 22.9 Å². The lowest BCUT2D eigenvalue weighted by molar-refractivity contribution is 0.0636. The number of carbonyl (C=O) groups is 1. The van der Waals surface area contributed by atoms with E-state index in [0.717, 1.165) is 43.6 Å². The molecule has 1 amide bonds. The maximum Gasteiger partial charge on any atom is 0.412 e. The van der Waals surface area contributed by atoms with Gasteiger partial charge < -0.3 is 18.8 Å². The van der Waals surface area contributed by atoms with Crippen LogP contribution in [0, 0.1) is 34.8 Å². The number of carbonyl (C=O) groups excluding carboxylic acids is 1. The molecule has 4 aliphatic rings. The number of hydrogen-bond acceptors (Lipinski definition) is 10. The van der Waals surface area contributed by atoms with Gasteiger partial charge in [0.1, 0.15) is 40.4 Å². The minimum atomic E-state index is -2.06. The van der Waals surface area contributed by atoms with Crippen LogP contribution in [0.4, 0.5) is 28.8 Å². The van der Waals surface area contributed by atoms with Crippen LogP contribution in [0.2, 0.25) is 23.2 Å². The van der Waals surface area contributed by atoms with E-state index in [0.29, 0.717) is 55.1 Å². The molecule has 60 heavy (non-hydrogen) atoms. The van der Waals surface area contributed by atoms with Crippen molar-refractivity contribution in [2.75, 3.05) is 43.0 Å². The number of rotatable bonds is 8. The zero-order valence-electron chi connectivity index (χ0n) is 35.4. The first-order valence-electron chi connectivity index (χ1n) is 20.6. The second kappa shape index (κ2) is 15.4. The maximum absolute atomic E-state index is 17.6. The van der Waals surface area contributed by atoms with E-state index >= 15 is 8.78 Å². The van der Waals surface area contributed by atoms with Gasteiger partial charge in [0, 0.05) is 48.0 Å². The van der Waals surface area contributed by atoms with E-state index < -0.39 is 37.2 Å². The van der Waals surface area contributed by atoms with Crippen LogP contribution in [-0.2, 0) is 9.16 Å². The molecule has 0 spiro atoms. The number of benzene rings is 2. The summed E-state index contributed by atoms with van der Waals surface area (Å²) in [6.07, 6.45) is 4.21. The lowest BCUT2D eigenvalue weighted by atomic mass is 9.94. The summed E-state index contributed by atoms with van der Waals surface area (Å²) in [5.41, 5.74) is -0.574. The van der Waals surface area contributed by atoms with Gasteiger partial charge in [-0.05, 0) is 107 Å². The largest absolute Gasteiger partial charge is 0.461 e. The minimum Gasteiger partial charge on any atom is -0.461 e. The second-order valence-corrected chi connectivity index (χ2v) is 25.7. The standard InChI is InChI=1S/C44H52ClF3N6O4SSi/c1-42(2,3)57-41(55)52-39-29(19-49)33-27(10-11-31(47)37(33)59-39)34-30(45)16-28-36(35(34)48)50-40(56-23-44-12-9-13-54(44)21-25(17-44)18-46)51-38(28)53-20-24-14-26(22-53)32(15-24)58-60(7,8)43(4,5)6/h10-11,16,18,24,26,32H,9,12-15,17,20-23H2,1-8H3,(H,52,55)/b25-18-/t24-,26-,32-,44?/m1/s1. The van der Waals surface area contributed by atoms with E-state index in [-0.39, 0.29) is 72.0 Å². The molecule has 10 nitrogen and oxygen atoms in total. The molecule has 2 aromatic carbocycles. The molecular formula is C44H52ClF3N6O4SSi. The SMILES string of the molecule is CC(C)(C)OC(=O)Nc1sc2c(F)ccc(-c3c(Cl)cc4c(N5C[C@@H]6C[C@H](C5)[C@H](O[Si](C)(C)C(C)(C)C)C6)nc(OCC56CCCN5C/C(=C\F)C6)nc4c3F)c2c1C#N. The molecule has 3 aliphatic heterocycles. The summed E-state index contributed by atoms with van der Waals surface area (Å²) in [6, 6.07) is 6.27. The number of thiophene rings is 1. The Kier molecular flexibility index (Phi) is 11.0. The van der Waals surface area contributed by atoms with Gasteiger partial charge in [-0.1, -0.05) is 38.4 Å². The van der Waals surface area contributed by atoms with Crippen LogP contribution < -0.4 is 15.0 Å². The normalized spacial score (nSPS) is 24.1. The summed E-state index contributed by atoms with van der Waals surface area (Å²) in [7, 11) is -2.06. The van der Waals surface area contributed by atoms with E-state index in [1.165, 1.54) is 12.1 Å². The van der Waals surface area contributed by atoms with Gasteiger partial charge in [0.15, 0.2) is 14.1 Å². The Bertz CT molecular complexity index is 2460. The summed E-state index contributed by atoms with van der Waals surface area (Å²) >= 11 is 7.92. The van der Waals surface area contributed by atoms with Crippen molar-refractivity contribution in [2.24, 2.45) is 11.8 Å². The lowest BCUT2D eigenvalue weighted by Crippen LogP contribution is -2.46. The number of fused-ring (bicyclic) bond motifs is 5. The number of halogens is 4. The smallest absolute Gasteiger partial charge is 0.412 e. The van der Waals surface area contributed by atoms with E-state index in [1.54, 1.807) is 26.8 Å². The number of nitrogens with one attached hydrogen (secondary N) is 1. The van der Waals surface area contributed by atoms with E-state index in [9.17, 15) is 14.4 Å². The maximum atomic E-state index is 17.6. The van der Waals surface area contributed by atoms with Crippen LogP contribution in [-0.4, -0.2) is 79.3 Å². The fourth-order valence-electron chi connectivity index (χ4n) is 9.42. The third-order valence-corrected chi connectivity index (χ3v) is 19.1. The molecule has 16 heteroatoms. The summed E-state index contributed by atoms with van der Waals surface area (Å²) in [4.78, 5) is 26.9. The number of ether oxygens (including phenoxy) is 2. The molecule has 320 valence electrons. The molecular weight excluding hydrogens is 829 g/mol. The first-order valence-corrected chi connectivity index (χ1v) is 24.7. The van der Waals surface area contributed by atoms with Gasteiger partial charge in [-0.3, -0.25) is 10.2 Å². The molecule has 5 heterocycles. The highest BCUT2D eigenvalue weighted by Crippen LogP contribution is 2.49. The van der Waals surface area contributed by atoms with Crippen molar-refractivity contribution < 1.29 is 31.9 Å². The average molecular weight is 882 g/mol. The van der Waals surface area contributed by atoms with Crippen molar-refractivity contribution in [3.8, 4) is 23.2 Å². The molecule has 1 saturated carbocycles. The zero-order chi connectivity index (χ0) is 43.1. The number of nitrogens with zero attached hydrogens (tertiary/aromatic N) is 5. The number of amides is 1. The van der Waals surface area contributed by atoms with Gasteiger partial charge in [-0.25, -0.2) is 18.0 Å². The van der Waals surface area contributed by atoms with Gasteiger partial charge in [-0.15, -0.1) is 11.3 Å². The number of piperidine rings is 1. The minimum absolute atomic E-state index is 0.0132. The van der Waals surface area contributed by atoms with Crippen LogP contribution in [0.25, 0.3) is 32.1 Å². The van der Waals surface area contributed by atoms with Crippen LogP contribution in [0.3, 0.4) is 0 Å². The highest BCUT2D eigenvalue weighted by atomic mass is 35.5. The van der Waals surface area contributed by atoms with Gasteiger partial charge in [0.05, 0.1) is 27.2 Å². The van der Waals surface area contributed by atoms with Crippen molar-refractivity contribution in [1.82, 2.24) is 14.9 Å². The Morgan fingerprint density at radius 3 is 2.63 bits per heavy atom. The molecule has 2 bridgehead atoms. The van der Waals surface area contributed by atoms with Crippen molar-refractivity contribution in [3.05, 3.63) is 52.3 Å². The molecule has 1 N–H and O–H groups in total. The Morgan fingerprint density at radius 2 is 1.93 bits per heavy atom. The fraction of sp³-hybridized carbons (Fsp3) is 0.545. The zero-order valence-corrected chi connectivity index (χ0v) is 38.0. The van der Waals surface area contributed by atoms with E-state index in [4.69, 9.17) is 35.5 Å². The first-order chi connectivity index (χ1) is 28.2. The third-order valence-electron chi connectivity index (χ3n) is 13.2. The quantitative estimate of drug-likeness (QED) is 0.173. The Hall–Kier alpha value is -3.94. The number of anilines is 2. The molecule has 3 saturated heterocycles. The molecule has 8 rings (SSSR count). The van der Waals surface area contributed by atoms with Gasteiger partial charge in [0.2, 0.25) is 0 Å². The lowest BCUT2D eigenvalue weighted by Gasteiger charge is -2.40. The summed E-state index contributed by atoms with van der Waals surface area (Å²) in [6.45, 7) is 19.2. The summed E-state index contributed by atoms with van der Waals surface area (Å²) in [5.74, 6) is -0.386. The number of hydrogen-bond donors (Lipinski definition) is 1. The summed E-state index contributed by atoms with van der Waals surface area (Å²) in [5, 5.41) is 13.6. The Balaban J connectivity index is 1.23. The molecule has 2 aromatic heterocycles. The van der Waals surface area contributed by atoms with Gasteiger partial charge in [-0.2, -0.15) is 15.2 Å². The molecule has 1 unspecified atom stereocenters. The van der Waals surface area contributed by atoms with Gasteiger partial charge >= 0.3 is 12.1 Å². The molecule has 0 radical (unpaired) electrons. The monoisotopic (exact) mass is 880 g/mol. The van der Waals surface area contributed by atoms with Crippen LogP contribution in [0.15, 0.2) is 30.1 Å². The topological polar surface area (TPSA) is 113 Å². The highest BCUT2D eigenvalue weighted by Gasteiger charge is 2.49. The van der Waals surface area contributed by atoms with E-state index in [2.05, 4.69) is 55.1 Å². The van der Waals surface area contributed by atoms with Crippen molar-refractivity contribution in [1.29, 1.82) is 5.26 Å². The third kappa shape index (κ3) is 7.76. The highest BCUT2D eigenvalue weighted by molar-refractivity contribution is 7.23. The predicted octanol–water partition coefficient (Wildman–Crippen LogP) is 11.4. The molecule has 1 aliphatic carbocycles. The fourth-order valence-corrected chi connectivity index (χ4v) is 12.2. The Morgan fingerprint density at radius 1 is 1.17 bits per heavy atom. The Labute approximate surface area is 359 Å². The van der Waals surface area contributed by atoms with E-state index in [1.807, 2.05) is 0 Å². The molecule has 4 aromatic rings. The average Bonchev–Trinajstić information content (AvgIpc) is 3.89. The molecule has 4 atom stereocenters.